The summed E-state index contributed by atoms with van der Waals surface area (Å²) >= 11 is 0. The predicted molar refractivity (Wildman–Crippen MR) is 151 cm³/mol. The molecular weight excluding hydrogens is 480 g/mol. The Labute approximate surface area is 221 Å². The van der Waals surface area contributed by atoms with Crippen molar-refractivity contribution in [2.24, 2.45) is 0 Å². The summed E-state index contributed by atoms with van der Waals surface area (Å²) in [6.45, 7) is 12.2. The van der Waals surface area contributed by atoms with Gasteiger partial charge in [-0.3, -0.25) is 4.90 Å². The van der Waals surface area contributed by atoms with E-state index in [9.17, 15) is 0 Å². The lowest BCUT2D eigenvalue weighted by Gasteiger charge is -2.33. The highest BCUT2D eigenvalue weighted by molar-refractivity contribution is 6.48. The minimum absolute atomic E-state index is 0.0292. The second kappa shape index (κ2) is 11.8. The molecule has 0 aliphatic heterocycles. The summed E-state index contributed by atoms with van der Waals surface area (Å²) in [6.07, 6.45) is 0.444. The Balaban J connectivity index is 1.62. The van der Waals surface area contributed by atoms with Crippen LogP contribution in [0.3, 0.4) is 0 Å². The second-order valence-corrected chi connectivity index (χ2v) is 12.3. The molecule has 0 N–H and O–H groups in total. The smallest absolute Gasteiger partial charge is 0.300 e. The number of benzene rings is 3. The molecule has 0 saturated heterocycles. The Bertz CT molecular complexity index is 1250. The Hall–Kier alpha value is -3.29. The first-order valence-electron chi connectivity index (χ1n) is 12.7. The number of hydrogen-bond acceptors (Lipinski definition) is 6. The van der Waals surface area contributed by atoms with Crippen molar-refractivity contribution in [3.63, 3.8) is 0 Å². The third-order valence-corrected chi connectivity index (χ3v) is 6.76. The van der Waals surface area contributed by atoms with Crippen molar-refractivity contribution in [3.05, 3.63) is 83.9 Å². The molecule has 3 aromatic carbocycles. The molecule has 6 nitrogen and oxygen atoms in total. The molecule has 0 saturated carbocycles. The van der Waals surface area contributed by atoms with Crippen molar-refractivity contribution in [1.29, 1.82) is 0 Å². The van der Waals surface area contributed by atoms with Gasteiger partial charge in [0.1, 0.15) is 23.2 Å². The average molecular weight is 518 g/mol. The summed E-state index contributed by atoms with van der Waals surface area (Å²) in [5.41, 5.74) is 3.98. The van der Waals surface area contributed by atoms with Crippen LogP contribution in [0.2, 0.25) is 13.1 Å². The third-order valence-electron chi connectivity index (χ3n) is 6.07. The standard InChI is InChI=1S/C30H37N2O4Si/c1-30(2,3)23-12-9-11-22(21-23)28(36-37(5)6)32(29-31-26-13-7-8-14-27(26)35-29)19-10-20-34-25-17-15-24(33-4)16-18-25/h7-9,11-18,21,28H,10,19-20H2,1-6H3. The lowest BCUT2D eigenvalue weighted by atomic mass is 9.86. The zero-order chi connectivity index (χ0) is 26.4. The first-order valence-corrected chi connectivity index (χ1v) is 15.1. The Morgan fingerprint density at radius 2 is 1.68 bits per heavy atom. The van der Waals surface area contributed by atoms with Crippen molar-refractivity contribution in [3.8, 4) is 11.5 Å². The van der Waals surface area contributed by atoms with Crippen LogP contribution >= 0.6 is 0 Å². The van der Waals surface area contributed by atoms with Gasteiger partial charge in [0.2, 0.25) is 9.04 Å². The summed E-state index contributed by atoms with van der Waals surface area (Å²) in [6, 6.07) is 24.7. The van der Waals surface area contributed by atoms with Crippen LogP contribution in [0.15, 0.2) is 77.2 Å². The molecule has 0 aliphatic carbocycles. The first kappa shape index (κ1) is 26.8. The molecule has 1 heterocycles. The topological polar surface area (TPSA) is 57.0 Å². The van der Waals surface area contributed by atoms with E-state index < -0.39 is 9.04 Å². The van der Waals surface area contributed by atoms with Gasteiger partial charge in [-0.05, 0) is 66.9 Å². The Morgan fingerprint density at radius 3 is 2.35 bits per heavy atom. The van der Waals surface area contributed by atoms with Crippen LogP contribution in [0.1, 0.15) is 44.5 Å². The summed E-state index contributed by atoms with van der Waals surface area (Å²) in [5.74, 6) is 1.62. The molecule has 1 radical (unpaired) electrons. The van der Waals surface area contributed by atoms with Crippen LogP contribution < -0.4 is 14.4 Å². The Morgan fingerprint density at radius 1 is 0.946 bits per heavy atom. The minimum Gasteiger partial charge on any atom is -0.497 e. The van der Waals surface area contributed by atoms with Crippen molar-refractivity contribution in [1.82, 2.24) is 4.98 Å². The maximum atomic E-state index is 6.63. The molecular formula is C30H37N2O4Si. The molecule has 1 aromatic heterocycles. The predicted octanol–water partition coefficient (Wildman–Crippen LogP) is 7.38. The van der Waals surface area contributed by atoms with Gasteiger partial charge in [0.05, 0.1) is 13.7 Å². The molecule has 7 heteroatoms. The van der Waals surface area contributed by atoms with E-state index in [4.69, 9.17) is 23.3 Å². The van der Waals surface area contributed by atoms with Crippen LogP contribution in [0.5, 0.6) is 11.5 Å². The van der Waals surface area contributed by atoms with Gasteiger partial charge in [0.25, 0.3) is 0 Å². The van der Waals surface area contributed by atoms with Crippen LogP contribution in [-0.2, 0) is 9.84 Å². The monoisotopic (exact) mass is 517 g/mol. The maximum Gasteiger partial charge on any atom is 0.300 e. The number of anilines is 1. The lowest BCUT2D eigenvalue weighted by Crippen LogP contribution is -2.35. The molecule has 195 valence electrons. The van der Waals surface area contributed by atoms with E-state index in [1.165, 1.54) is 5.56 Å². The molecule has 4 rings (SSSR count). The molecule has 0 bridgehead atoms. The number of aromatic nitrogens is 1. The largest absolute Gasteiger partial charge is 0.497 e. The van der Waals surface area contributed by atoms with E-state index >= 15 is 0 Å². The molecule has 0 amide bonds. The zero-order valence-corrected chi connectivity index (χ0v) is 23.7. The molecule has 1 unspecified atom stereocenters. The van der Waals surface area contributed by atoms with Crippen molar-refractivity contribution < 1.29 is 18.3 Å². The van der Waals surface area contributed by atoms with Gasteiger partial charge in [-0.2, -0.15) is 4.98 Å². The third kappa shape index (κ3) is 6.93. The van der Waals surface area contributed by atoms with Gasteiger partial charge in [-0.25, -0.2) is 0 Å². The fourth-order valence-corrected chi connectivity index (χ4v) is 4.80. The van der Waals surface area contributed by atoms with Gasteiger partial charge < -0.3 is 18.3 Å². The lowest BCUT2D eigenvalue weighted by molar-refractivity contribution is 0.190. The van der Waals surface area contributed by atoms with Crippen molar-refractivity contribution in [2.45, 2.75) is 51.9 Å². The maximum absolute atomic E-state index is 6.63. The molecule has 1 atom stereocenters. The second-order valence-electron chi connectivity index (χ2n) is 10.3. The highest BCUT2D eigenvalue weighted by Gasteiger charge is 2.28. The zero-order valence-electron chi connectivity index (χ0n) is 22.7. The first-order chi connectivity index (χ1) is 17.7. The van der Waals surface area contributed by atoms with E-state index in [1.807, 2.05) is 48.5 Å². The van der Waals surface area contributed by atoms with Gasteiger partial charge in [-0.15, -0.1) is 0 Å². The number of nitrogens with zero attached hydrogens (tertiary/aromatic N) is 2. The van der Waals surface area contributed by atoms with Crippen molar-refractivity contribution >= 4 is 26.2 Å². The van der Waals surface area contributed by atoms with Crippen LogP contribution in [0.25, 0.3) is 11.1 Å². The average Bonchev–Trinajstić information content (AvgIpc) is 3.31. The number of ether oxygens (including phenoxy) is 2. The molecule has 0 spiro atoms. The highest BCUT2D eigenvalue weighted by Crippen LogP contribution is 2.33. The number of fused-ring (bicyclic) bond motifs is 1. The summed E-state index contributed by atoms with van der Waals surface area (Å²) in [7, 11) is 0.616. The summed E-state index contributed by atoms with van der Waals surface area (Å²) < 4.78 is 24.1. The van der Waals surface area contributed by atoms with Crippen LogP contribution in [-0.4, -0.2) is 34.3 Å². The number of rotatable bonds is 11. The minimum atomic E-state index is -1.04. The van der Waals surface area contributed by atoms with E-state index in [0.29, 0.717) is 19.2 Å². The van der Waals surface area contributed by atoms with Gasteiger partial charge in [0.15, 0.2) is 5.58 Å². The molecule has 4 aromatic rings. The fourth-order valence-electron chi connectivity index (χ4n) is 4.09. The quantitative estimate of drug-likeness (QED) is 0.118. The van der Waals surface area contributed by atoms with Gasteiger partial charge in [0, 0.05) is 12.1 Å². The van der Waals surface area contributed by atoms with Crippen LogP contribution in [0, 0.1) is 0 Å². The molecule has 0 fully saturated rings. The fraction of sp³-hybridized carbons (Fsp3) is 0.367. The van der Waals surface area contributed by atoms with E-state index in [-0.39, 0.29) is 11.6 Å². The normalized spacial score (nSPS) is 12.6. The van der Waals surface area contributed by atoms with Crippen molar-refractivity contribution in [2.75, 3.05) is 25.2 Å². The Kier molecular flexibility index (Phi) is 8.56. The van der Waals surface area contributed by atoms with E-state index in [0.717, 1.165) is 34.6 Å². The molecule has 37 heavy (non-hydrogen) atoms. The highest BCUT2D eigenvalue weighted by atomic mass is 28.3. The molecule has 0 aliphatic rings. The SMILES string of the molecule is COc1ccc(OCCCN(c2nc3ccccc3o2)C(O[Si](C)C)c2cccc(C(C)(C)C)c2)cc1. The van der Waals surface area contributed by atoms with Gasteiger partial charge >= 0.3 is 6.01 Å². The van der Waals surface area contributed by atoms with E-state index in [2.05, 4.69) is 63.0 Å². The van der Waals surface area contributed by atoms with E-state index in [1.54, 1.807) is 7.11 Å². The number of methoxy groups -OCH3 is 1. The van der Waals surface area contributed by atoms with Crippen LogP contribution in [0.4, 0.5) is 6.01 Å². The number of hydrogen-bond donors (Lipinski definition) is 0. The number of para-hydroxylation sites is 2. The summed E-state index contributed by atoms with van der Waals surface area (Å²) in [5, 5.41) is 0. The van der Waals surface area contributed by atoms with Gasteiger partial charge in [-0.1, -0.05) is 57.2 Å². The summed E-state index contributed by atoms with van der Waals surface area (Å²) in [4.78, 5) is 6.97. The number of oxazole rings is 1.